The summed E-state index contributed by atoms with van der Waals surface area (Å²) in [5.41, 5.74) is 16.8. The molecule has 0 aliphatic rings. The third-order valence-corrected chi connectivity index (χ3v) is 10.4. The molecule has 394 valence electrons. The Morgan fingerprint density at radius 3 is 1.34 bits per heavy atom. The van der Waals surface area contributed by atoms with Crippen molar-refractivity contribution in [2.75, 3.05) is 19.8 Å². The minimum atomic E-state index is -1.71. The number of amides is 8. The Hall–Kier alpha value is -6.60. The SMILES string of the molecule is CC(C)C[C@H](NC(=O)[C@H](CCCN=C(N)N)NC(=O)[C@H](Cc1ccc(O)cc1)NC(=O)[C@H](CO)NC(=O)[C@H](CC(C)C)NC(=O)[C@H](C)NC(=O)[C@H](CC(C)C)NC(=O)[C@H](CO)NC(=O)[C@H](C)N)C(=O)O. The first kappa shape index (κ1) is 61.4. The number of hydrogen-bond donors (Lipinski definition) is 15. The molecule has 9 atom stereocenters. The van der Waals surface area contributed by atoms with E-state index in [-0.39, 0.29) is 74.5 Å². The van der Waals surface area contributed by atoms with Crippen molar-refractivity contribution in [3.63, 3.8) is 0 Å². The fraction of sp³-hybridized carbons (Fsp3) is 0.644. The van der Waals surface area contributed by atoms with Gasteiger partial charge in [0.1, 0.15) is 54.1 Å². The number of carbonyl (C=O) groups is 9. The Kier molecular flexibility index (Phi) is 27.0. The average Bonchev–Trinajstić information content (AvgIpc) is 3.26. The van der Waals surface area contributed by atoms with Crippen molar-refractivity contribution in [1.82, 2.24) is 42.5 Å². The zero-order valence-electron chi connectivity index (χ0n) is 41.2. The fourth-order valence-corrected chi connectivity index (χ4v) is 6.68. The highest BCUT2D eigenvalue weighted by atomic mass is 16.4. The van der Waals surface area contributed by atoms with Gasteiger partial charge in [-0.1, -0.05) is 53.7 Å². The zero-order chi connectivity index (χ0) is 53.4. The number of aliphatic hydroxyl groups is 2. The van der Waals surface area contributed by atoms with Crippen molar-refractivity contribution >= 4 is 59.2 Å². The van der Waals surface area contributed by atoms with Crippen LogP contribution in [0.25, 0.3) is 0 Å². The largest absolute Gasteiger partial charge is 0.508 e. The summed E-state index contributed by atoms with van der Waals surface area (Å²) in [6, 6.07) is -6.52. The number of carboxylic acid groups (broad SMARTS) is 1. The summed E-state index contributed by atoms with van der Waals surface area (Å²) in [4.78, 5) is 123. The van der Waals surface area contributed by atoms with Crippen LogP contribution in [0, 0.1) is 17.8 Å². The molecule has 0 heterocycles. The van der Waals surface area contributed by atoms with Gasteiger partial charge in [-0.25, -0.2) is 4.79 Å². The predicted molar refractivity (Wildman–Crippen MR) is 257 cm³/mol. The standard InChI is InChI=1S/C45H76N12O13/c1-22(2)16-30(53-42(67)34(20-58)56-36(61)25(7)46)39(64)50-26(8)37(62)52-31(17-23(3)4)40(65)57-35(21-59)43(68)54-32(19-27-11-13-28(60)14-12-27)41(66)51-29(10-9-15-49-45(47)48)38(63)55-33(44(69)70)18-24(5)6/h11-14,22-26,29-35,58-60H,9-10,15-21,46H2,1-8H3,(H,50,64)(H,51,66)(H,52,62)(H,53,67)(H,54,68)(H,55,63)(H,56,61)(H,57,65)(H,69,70)(H4,47,48,49)/t25-,26-,29-,30-,31-,32-,33-,34-,35-/m0/s1. The van der Waals surface area contributed by atoms with Gasteiger partial charge in [0, 0.05) is 13.0 Å². The van der Waals surface area contributed by atoms with Crippen molar-refractivity contribution in [2.45, 2.75) is 148 Å². The first-order chi connectivity index (χ1) is 32.7. The van der Waals surface area contributed by atoms with Crippen LogP contribution >= 0.6 is 0 Å². The molecule has 25 nitrogen and oxygen atoms in total. The molecule has 0 saturated carbocycles. The molecular formula is C45H76N12O13. The fourth-order valence-electron chi connectivity index (χ4n) is 6.68. The number of rotatable bonds is 31. The highest BCUT2D eigenvalue weighted by Gasteiger charge is 2.34. The van der Waals surface area contributed by atoms with E-state index in [1.54, 1.807) is 41.5 Å². The first-order valence-electron chi connectivity index (χ1n) is 23.2. The van der Waals surface area contributed by atoms with Crippen molar-refractivity contribution in [1.29, 1.82) is 0 Å². The molecule has 0 aromatic heterocycles. The van der Waals surface area contributed by atoms with Crippen LogP contribution in [0.3, 0.4) is 0 Å². The summed E-state index contributed by atoms with van der Waals surface area (Å²) in [5, 5.41) is 59.5. The molecule has 1 aromatic rings. The van der Waals surface area contributed by atoms with Gasteiger partial charge in [-0.3, -0.25) is 43.3 Å². The molecule has 18 N–H and O–H groups in total. The molecule has 1 aromatic carbocycles. The van der Waals surface area contributed by atoms with Crippen LogP contribution in [0.15, 0.2) is 29.3 Å². The summed E-state index contributed by atoms with van der Waals surface area (Å²) in [6.45, 7) is 11.5. The van der Waals surface area contributed by atoms with E-state index in [9.17, 15) is 63.6 Å². The maximum absolute atomic E-state index is 14.1. The molecule has 8 amide bonds. The van der Waals surface area contributed by atoms with Crippen LogP contribution in [-0.2, 0) is 49.6 Å². The number of guanidine groups is 1. The minimum absolute atomic E-state index is 0.0121. The number of benzene rings is 1. The Labute approximate surface area is 408 Å². The van der Waals surface area contributed by atoms with E-state index in [1.165, 1.54) is 38.1 Å². The van der Waals surface area contributed by atoms with Gasteiger partial charge in [0.25, 0.3) is 0 Å². The van der Waals surface area contributed by atoms with Gasteiger partial charge < -0.3 is 80.2 Å². The van der Waals surface area contributed by atoms with E-state index in [2.05, 4.69) is 47.5 Å². The molecule has 25 heteroatoms. The summed E-state index contributed by atoms with van der Waals surface area (Å²) in [6.07, 6.45) is 0.0324. The molecule has 0 aliphatic carbocycles. The Balaban J connectivity index is 3.37. The number of aliphatic hydroxyl groups excluding tert-OH is 2. The Bertz CT molecular complexity index is 1940. The van der Waals surface area contributed by atoms with Crippen LogP contribution in [0.4, 0.5) is 0 Å². The summed E-state index contributed by atoms with van der Waals surface area (Å²) in [7, 11) is 0. The minimum Gasteiger partial charge on any atom is -0.508 e. The van der Waals surface area contributed by atoms with E-state index in [0.717, 1.165) is 0 Å². The van der Waals surface area contributed by atoms with E-state index >= 15 is 0 Å². The lowest BCUT2D eigenvalue weighted by Crippen LogP contribution is -2.61. The third-order valence-electron chi connectivity index (χ3n) is 10.4. The molecule has 0 bridgehead atoms. The maximum atomic E-state index is 14.1. The molecule has 0 radical (unpaired) electrons. The summed E-state index contributed by atoms with van der Waals surface area (Å²) >= 11 is 0. The number of nitrogens with zero attached hydrogens (tertiary/aromatic N) is 1. The van der Waals surface area contributed by atoms with Gasteiger partial charge in [-0.2, -0.15) is 0 Å². The monoisotopic (exact) mass is 993 g/mol. The third kappa shape index (κ3) is 23.1. The number of carbonyl (C=O) groups excluding carboxylic acids is 8. The molecule has 0 fully saturated rings. The number of nitrogens with one attached hydrogen (secondary N) is 8. The second kappa shape index (κ2) is 30.8. The normalized spacial score (nSPS) is 15.1. The molecular weight excluding hydrogens is 917 g/mol. The number of phenolic OH excluding ortho intramolecular Hbond substituents is 1. The highest BCUT2D eigenvalue weighted by molar-refractivity contribution is 5.98. The van der Waals surface area contributed by atoms with Gasteiger partial charge >= 0.3 is 5.97 Å². The van der Waals surface area contributed by atoms with Crippen LogP contribution in [0.1, 0.15) is 93.1 Å². The van der Waals surface area contributed by atoms with Gasteiger partial charge in [-0.05, 0) is 81.4 Å². The molecule has 1 rings (SSSR count). The zero-order valence-corrected chi connectivity index (χ0v) is 41.2. The average molecular weight is 993 g/mol. The van der Waals surface area contributed by atoms with Crippen molar-refractivity contribution in [3.8, 4) is 5.75 Å². The number of nitrogens with two attached hydrogens (primary N) is 3. The maximum Gasteiger partial charge on any atom is 0.326 e. The first-order valence-corrected chi connectivity index (χ1v) is 23.2. The lowest BCUT2D eigenvalue weighted by molar-refractivity contribution is -0.143. The molecule has 0 saturated heterocycles. The topological polar surface area (TPSA) is 421 Å². The van der Waals surface area contributed by atoms with Gasteiger partial charge in [-0.15, -0.1) is 0 Å². The summed E-state index contributed by atoms with van der Waals surface area (Å²) < 4.78 is 0. The Morgan fingerprint density at radius 2 is 0.886 bits per heavy atom. The van der Waals surface area contributed by atoms with Gasteiger partial charge in [0.2, 0.25) is 47.3 Å². The van der Waals surface area contributed by atoms with Gasteiger partial charge in [0.15, 0.2) is 5.96 Å². The second-order valence-corrected chi connectivity index (χ2v) is 18.4. The lowest BCUT2D eigenvalue weighted by atomic mass is 10.0. The van der Waals surface area contributed by atoms with Crippen LogP contribution in [0.5, 0.6) is 5.75 Å². The predicted octanol–water partition coefficient (Wildman–Crippen LogP) is -3.56. The highest BCUT2D eigenvalue weighted by Crippen LogP contribution is 2.14. The summed E-state index contributed by atoms with van der Waals surface area (Å²) in [5.74, 6) is -9.08. The number of aromatic hydroxyl groups is 1. The number of carboxylic acids is 1. The van der Waals surface area contributed by atoms with Gasteiger partial charge in [0.05, 0.1) is 19.3 Å². The van der Waals surface area contributed by atoms with Crippen LogP contribution in [0.2, 0.25) is 0 Å². The second-order valence-electron chi connectivity index (χ2n) is 18.4. The quantitative estimate of drug-likeness (QED) is 0.0194. The number of aliphatic carboxylic acids is 1. The Morgan fingerprint density at radius 1 is 0.514 bits per heavy atom. The van der Waals surface area contributed by atoms with E-state index in [4.69, 9.17) is 17.2 Å². The molecule has 0 unspecified atom stereocenters. The van der Waals surface area contributed by atoms with Crippen LogP contribution in [-0.4, -0.2) is 154 Å². The van der Waals surface area contributed by atoms with Crippen molar-refractivity contribution in [2.24, 2.45) is 39.9 Å². The number of hydrogen-bond acceptors (Lipinski definition) is 14. The number of aliphatic imine (C=N–C) groups is 1. The molecule has 70 heavy (non-hydrogen) atoms. The van der Waals surface area contributed by atoms with Crippen LogP contribution < -0.4 is 59.7 Å². The van der Waals surface area contributed by atoms with E-state index in [1.807, 2.05) is 0 Å². The lowest BCUT2D eigenvalue weighted by Gasteiger charge is -2.28. The van der Waals surface area contributed by atoms with Crippen molar-refractivity contribution < 1.29 is 63.6 Å². The van der Waals surface area contributed by atoms with E-state index < -0.39 is 121 Å². The molecule has 0 aliphatic heterocycles. The van der Waals surface area contributed by atoms with E-state index in [0.29, 0.717) is 5.56 Å². The smallest absolute Gasteiger partial charge is 0.326 e. The number of phenols is 1. The van der Waals surface area contributed by atoms with Crippen molar-refractivity contribution in [3.05, 3.63) is 29.8 Å². The molecule has 0 spiro atoms.